The minimum absolute atomic E-state index is 0.0384. The molecule has 1 fully saturated rings. The van der Waals surface area contributed by atoms with Gasteiger partial charge in [0, 0.05) is 0 Å². The van der Waals surface area contributed by atoms with E-state index in [9.17, 15) is 4.79 Å². The van der Waals surface area contributed by atoms with Crippen molar-refractivity contribution in [2.45, 2.75) is 6.42 Å². The van der Waals surface area contributed by atoms with Gasteiger partial charge in [0.15, 0.2) is 5.78 Å². The molecule has 1 saturated heterocycles. The average molecular weight is 123 g/mol. The smallest absolute Gasteiger partial charge is 0.177 e. The van der Waals surface area contributed by atoms with Gasteiger partial charge >= 0.3 is 0 Å². The van der Waals surface area contributed by atoms with E-state index in [0.717, 1.165) is 0 Å². The molecule has 0 unspecified atom stereocenters. The number of carbonyl (C=O) groups is 1. The number of ketones is 1. The zero-order valence-electron chi connectivity index (χ0n) is 4.76. The van der Waals surface area contributed by atoms with Gasteiger partial charge in [-0.05, 0) is 0 Å². The van der Waals surface area contributed by atoms with E-state index in [2.05, 4.69) is 0 Å². The zero-order valence-corrected chi connectivity index (χ0v) is 4.76. The normalized spacial score (nSPS) is 21.7. The van der Waals surface area contributed by atoms with Crippen LogP contribution in [0.15, 0.2) is 11.8 Å². The van der Waals surface area contributed by atoms with Crippen LogP contribution in [0.2, 0.25) is 0 Å². The predicted octanol–water partition coefficient (Wildman–Crippen LogP) is 0.383. The lowest BCUT2D eigenvalue weighted by atomic mass is 10.3. The quantitative estimate of drug-likeness (QED) is 0.437. The molecule has 0 bridgehead atoms. The van der Waals surface area contributed by atoms with Gasteiger partial charge in [0.1, 0.15) is 12.4 Å². The second-order valence-corrected chi connectivity index (χ2v) is 1.74. The summed E-state index contributed by atoms with van der Waals surface area (Å²) < 4.78 is 4.79. The molecule has 1 rings (SSSR count). The molecule has 46 valence electrons. The summed E-state index contributed by atoms with van der Waals surface area (Å²) in [6, 6.07) is 1.79. The lowest BCUT2D eigenvalue weighted by Crippen LogP contribution is -1.91. The maximum atomic E-state index is 10.5. The molecule has 3 heteroatoms. The summed E-state index contributed by atoms with van der Waals surface area (Å²) in [7, 11) is 0. The molecule has 0 amide bonds. The third-order valence-corrected chi connectivity index (χ3v) is 1.02. The van der Waals surface area contributed by atoms with Crippen molar-refractivity contribution in [2.24, 2.45) is 0 Å². The number of hydrogen-bond donors (Lipinski definition) is 0. The number of hydrogen-bond acceptors (Lipinski definition) is 3. The zero-order chi connectivity index (χ0) is 6.69. The van der Waals surface area contributed by atoms with E-state index in [1.165, 1.54) is 6.08 Å². The Morgan fingerprint density at radius 2 is 2.56 bits per heavy atom. The lowest BCUT2D eigenvalue weighted by Gasteiger charge is -1.88. The monoisotopic (exact) mass is 123 g/mol. The van der Waals surface area contributed by atoms with Crippen LogP contribution in [-0.4, -0.2) is 12.4 Å². The highest BCUT2D eigenvalue weighted by atomic mass is 16.5. The number of rotatable bonds is 0. The average Bonchev–Trinajstić information content (AvgIpc) is 2.17. The first-order valence-electron chi connectivity index (χ1n) is 2.56. The van der Waals surface area contributed by atoms with Gasteiger partial charge in [-0.1, -0.05) is 0 Å². The maximum Gasteiger partial charge on any atom is 0.177 e. The number of nitrogens with zero attached hydrogens (tertiary/aromatic N) is 1. The molecule has 0 saturated carbocycles. The van der Waals surface area contributed by atoms with Crippen LogP contribution < -0.4 is 0 Å². The Labute approximate surface area is 52.5 Å². The Morgan fingerprint density at radius 3 is 3.00 bits per heavy atom. The lowest BCUT2D eigenvalue weighted by molar-refractivity contribution is -0.117. The molecule has 0 spiro atoms. The van der Waals surface area contributed by atoms with Gasteiger partial charge in [0.05, 0.1) is 18.6 Å². The van der Waals surface area contributed by atoms with E-state index in [1.54, 1.807) is 6.07 Å². The summed E-state index contributed by atoms with van der Waals surface area (Å²) in [6.45, 7) is 0.132. The summed E-state index contributed by atoms with van der Waals surface area (Å²) in [5.41, 5.74) is 0. The largest absolute Gasteiger partial charge is 0.489 e. The molecule has 0 N–H and O–H groups in total. The van der Waals surface area contributed by atoms with E-state index in [0.29, 0.717) is 5.76 Å². The van der Waals surface area contributed by atoms with Crippen molar-refractivity contribution in [3.63, 3.8) is 0 Å². The molecule has 0 atom stereocenters. The molecule has 1 aliphatic rings. The van der Waals surface area contributed by atoms with E-state index >= 15 is 0 Å². The fourth-order valence-corrected chi connectivity index (χ4v) is 0.634. The minimum atomic E-state index is 0.0384. The second kappa shape index (κ2) is 2.31. The standard InChI is InChI=1S/C6H5NO2/c7-2-1-6-3-5(8)4-9-6/h1H,3-4H2. The summed E-state index contributed by atoms with van der Waals surface area (Å²) in [4.78, 5) is 10.5. The van der Waals surface area contributed by atoms with Crippen molar-refractivity contribution in [1.29, 1.82) is 5.26 Å². The van der Waals surface area contributed by atoms with Crippen LogP contribution in [-0.2, 0) is 9.53 Å². The molecule has 0 radical (unpaired) electrons. The first kappa shape index (κ1) is 5.83. The molecule has 1 heterocycles. The topological polar surface area (TPSA) is 50.1 Å². The molecule has 0 aliphatic carbocycles. The predicted molar refractivity (Wildman–Crippen MR) is 29.3 cm³/mol. The third-order valence-electron chi connectivity index (χ3n) is 1.02. The molecular formula is C6H5NO2. The first-order valence-corrected chi connectivity index (χ1v) is 2.56. The highest BCUT2D eigenvalue weighted by molar-refractivity contribution is 5.84. The molecule has 0 aromatic carbocycles. The minimum Gasteiger partial charge on any atom is -0.489 e. The van der Waals surface area contributed by atoms with E-state index < -0.39 is 0 Å². The summed E-state index contributed by atoms with van der Waals surface area (Å²) >= 11 is 0. The Morgan fingerprint density at radius 1 is 1.78 bits per heavy atom. The van der Waals surface area contributed by atoms with Gasteiger partial charge in [-0.3, -0.25) is 4.79 Å². The van der Waals surface area contributed by atoms with Crippen LogP contribution in [0.3, 0.4) is 0 Å². The van der Waals surface area contributed by atoms with Gasteiger partial charge in [0.25, 0.3) is 0 Å². The Kier molecular flexibility index (Phi) is 1.50. The molecule has 9 heavy (non-hydrogen) atoms. The second-order valence-electron chi connectivity index (χ2n) is 1.74. The van der Waals surface area contributed by atoms with Gasteiger partial charge < -0.3 is 4.74 Å². The number of nitriles is 1. The molecule has 0 aromatic heterocycles. The van der Waals surface area contributed by atoms with E-state index in [-0.39, 0.29) is 18.8 Å². The van der Waals surface area contributed by atoms with Crippen LogP contribution in [0.1, 0.15) is 6.42 Å². The maximum absolute atomic E-state index is 10.5. The first-order chi connectivity index (χ1) is 4.33. The Hall–Kier alpha value is -1.30. The third kappa shape index (κ3) is 1.29. The van der Waals surface area contributed by atoms with Crippen molar-refractivity contribution >= 4 is 5.78 Å². The summed E-state index contributed by atoms with van der Waals surface area (Å²) in [5, 5.41) is 8.10. The van der Waals surface area contributed by atoms with Gasteiger partial charge in [-0.15, -0.1) is 0 Å². The fourth-order valence-electron chi connectivity index (χ4n) is 0.634. The van der Waals surface area contributed by atoms with Crippen molar-refractivity contribution in [2.75, 3.05) is 6.61 Å². The Bertz CT molecular complexity index is 200. The number of carbonyl (C=O) groups excluding carboxylic acids is 1. The summed E-state index contributed by atoms with van der Waals surface area (Å²) in [5.74, 6) is 0.527. The highest BCUT2D eigenvalue weighted by Crippen LogP contribution is 2.11. The number of Topliss-reactive ketones (excluding diaryl/α,β-unsaturated/α-hetero) is 1. The SMILES string of the molecule is N#CC=C1CC(=O)CO1. The van der Waals surface area contributed by atoms with Crippen LogP contribution in [0.4, 0.5) is 0 Å². The Balaban J connectivity index is 2.60. The van der Waals surface area contributed by atoms with Crippen molar-refractivity contribution in [1.82, 2.24) is 0 Å². The van der Waals surface area contributed by atoms with Crippen molar-refractivity contribution in [3.8, 4) is 6.07 Å². The van der Waals surface area contributed by atoms with Gasteiger partial charge in [0.2, 0.25) is 0 Å². The van der Waals surface area contributed by atoms with E-state index in [4.69, 9.17) is 10.00 Å². The summed E-state index contributed by atoms with van der Waals surface area (Å²) in [6.07, 6.45) is 1.54. The van der Waals surface area contributed by atoms with Crippen molar-refractivity contribution < 1.29 is 9.53 Å². The van der Waals surface area contributed by atoms with Gasteiger partial charge in [-0.2, -0.15) is 5.26 Å². The molecule has 1 aliphatic heterocycles. The van der Waals surface area contributed by atoms with Crippen LogP contribution in [0.25, 0.3) is 0 Å². The molecule has 0 aromatic rings. The highest BCUT2D eigenvalue weighted by Gasteiger charge is 2.15. The van der Waals surface area contributed by atoms with E-state index in [1.807, 2.05) is 0 Å². The van der Waals surface area contributed by atoms with Crippen LogP contribution >= 0.6 is 0 Å². The van der Waals surface area contributed by atoms with Crippen LogP contribution in [0, 0.1) is 11.3 Å². The van der Waals surface area contributed by atoms with Gasteiger partial charge in [-0.25, -0.2) is 0 Å². The van der Waals surface area contributed by atoms with Crippen LogP contribution in [0.5, 0.6) is 0 Å². The molecular weight excluding hydrogens is 118 g/mol. The number of ether oxygens (including phenoxy) is 1. The molecule has 3 nitrogen and oxygen atoms in total. The fraction of sp³-hybridized carbons (Fsp3) is 0.333. The van der Waals surface area contributed by atoms with Crippen molar-refractivity contribution in [3.05, 3.63) is 11.8 Å². The number of allylic oxidation sites excluding steroid dienone is 2.